The molecule has 0 N–H and O–H groups in total. The largest absolute Gasteiger partial charge is 0.331 e. The van der Waals surface area contributed by atoms with Crippen LogP contribution in [0, 0.1) is 11.6 Å². The lowest BCUT2D eigenvalue weighted by atomic mass is 10.2. The molecule has 0 aromatic heterocycles. The molecule has 1 atom stereocenters. The molecule has 6 heteroatoms. The van der Waals surface area contributed by atoms with Gasteiger partial charge in [0.1, 0.15) is 17.0 Å². The van der Waals surface area contributed by atoms with Crippen LogP contribution in [0.4, 0.5) is 13.6 Å². The van der Waals surface area contributed by atoms with Crippen LogP contribution in [0.1, 0.15) is 10.9 Å². The van der Waals surface area contributed by atoms with Gasteiger partial charge in [-0.05, 0) is 6.07 Å². The first-order valence-electron chi connectivity index (χ1n) is 5.55. The minimum absolute atomic E-state index is 0.159. The zero-order valence-corrected chi connectivity index (χ0v) is 11.0. The molecule has 1 fully saturated rings. The summed E-state index contributed by atoms with van der Waals surface area (Å²) in [5.74, 6) is -0.461. The van der Waals surface area contributed by atoms with Gasteiger partial charge >= 0.3 is 6.03 Å². The summed E-state index contributed by atoms with van der Waals surface area (Å²) in [7, 11) is 3.31. The topological polar surface area (TPSA) is 23.6 Å². The molecule has 1 aliphatic rings. The third-order valence-electron chi connectivity index (χ3n) is 2.75. The van der Waals surface area contributed by atoms with Crippen molar-refractivity contribution in [2.45, 2.75) is 5.37 Å². The van der Waals surface area contributed by atoms with E-state index in [9.17, 15) is 13.6 Å². The van der Waals surface area contributed by atoms with Crippen LogP contribution in [-0.2, 0) is 0 Å². The van der Waals surface area contributed by atoms with Crippen LogP contribution in [-0.4, -0.2) is 42.2 Å². The van der Waals surface area contributed by atoms with E-state index in [0.717, 1.165) is 11.8 Å². The molecule has 1 heterocycles. The van der Waals surface area contributed by atoms with E-state index in [1.807, 2.05) is 0 Å². The number of nitrogens with zero attached hydrogens (tertiary/aromatic N) is 2. The molecule has 0 spiro atoms. The van der Waals surface area contributed by atoms with Crippen LogP contribution < -0.4 is 0 Å². The zero-order chi connectivity index (χ0) is 13.3. The summed E-state index contributed by atoms with van der Waals surface area (Å²) in [5.41, 5.74) is 0.356. The van der Waals surface area contributed by atoms with E-state index >= 15 is 0 Å². The Balaban J connectivity index is 2.29. The summed E-state index contributed by atoms with van der Waals surface area (Å²) < 4.78 is 26.6. The Bertz CT molecular complexity index is 467. The number of rotatable bonds is 1. The standard InChI is InChI=1S/C12H14F2N2OS/c1-15(2)12(17)16-5-6-18-11(16)9-4-3-8(13)7-10(9)14/h3-4,7,11H,5-6H2,1-2H3. The maximum atomic E-state index is 13.7. The van der Waals surface area contributed by atoms with Crippen molar-refractivity contribution in [2.75, 3.05) is 26.4 Å². The molecule has 1 saturated heterocycles. The van der Waals surface area contributed by atoms with Crippen LogP contribution in [0.3, 0.4) is 0 Å². The van der Waals surface area contributed by atoms with E-state index < -0.39 is 11.6 Å². The number of benzene rings is 1. The molecular formula is C12H14F2N2OS. The van der Waals surface area contributed by atoms with Crippen LogP contribution in [0.15, 0.2) is 18.2 Å². The Morgan fingerprint density at radius 3 is 2.78 bits per heavy atom. The normalized spacial score (nSPS) is 19.1. The monoisotopic (exact) mass is 272 g/mol. The highest BCUT2D eigenvalue weighted by Gasteiger charge is 2.33. The molecule has 3 nitrogen and oxygen atoms in total. The highest BCUT2D eigenvalue weighted by Crippen LogP contribution is 2.39. The summed E-state index contributed by atoms with van der Waals surface area (Å²) in [5, 5.41) is -0.375. The van der Waals surface area contributed by atoms with Crippen LogP contribution in [0.5, 0.6) is 0 Å². The average Bonchev–Trinajstić information content (AvgIpc) is 2.76. The Morgan fingerprint density at radius 1 is 1.44 bits per heavy atom. The molecule has 1 aromatic rings. The van der Waals surface area contributed by atoms with Gasteiger partial charge in [0.2, 0.25) is 0 Å². The highest BCUT2D eigenvalue weighted by atomic mass is 32.2. The molecule has 0 bridgehead atoms. The smallest absolute Gasteiger partial charge is 0.320 e. The third kappa shape index (κ3) is 2.43. The number of hydrogen-bond donors (Lipinski definition) is 0. The lowest BCUT2D eigenvalue weighted by Crippen LogP contribution is -2.38. The van der Waals surface area contributed by atoms with E-state index in [-0.39, 0.29) is 11.4 Å². The average molecular weight is 272 g/mol. The van der Waals surface area contributed by atoms with Crippen LogP contribution in [0.25, 0.3) is 0 Å². The van der Waals surface area contributed by atoms with E-state index in [0.29, 0.717) is 12.1 Å². The maximum Gasteiger partial charge on any atom is 0.320 e. The van der Waals surface area contributed by atoms with Crippen molar-refractivity contribution in [2.24, 2.45) is 0 Å². The second-order valence-corrected chi connectivity index (χ2v) is 5.45. The Morgan fingerprint density at radius 2 is 2.17 bits per heavy atom. The molecule has 2 amide bonds. The first-order chi connectivity index (χ1) is 8.50. The van der Waals surface area contributed by atoms with Crippen molar-refractivity contribution in [1.29, 1.82) is 0 Å². The minimum Gasteiger partial charge on any atom is -0.331 e. The van der Waals surface area contributed by atoms with Crippen molar-refractivity contribution >= 4 is 17.8 Å². The SMILES string of the molecule is CN(C)C(=O)N1CCSC1c1ccc(F)cc1F. The number of amides is 2. The molecule has 0 aliphatic carbocycles. The Labute approximate surface area is 109 Å². The second-order valence-electron chi connectivity index (χ2n) is 4.26. The van der Waals surface area contributed by atoms with Gasteiger partial charge in [-0.1, -0.05) is 6.07 Å². The fraction of sp³-hybridized carbons (Fsp3) is 0.417. The van der Waals surface area contributed by atoms with Crippen molar-refractivity contribution in [1.82, 2.24) is 9.80 Å². The number of halogens is 2. The lowest BCUT2D eigenvalue weighted by molar-refractivity contribution is 0.172. The molecule has 0 radical (unpaired) electrons. The van der Waals surface area contributed by atoms with Crippen LogP contribution >= 0.6 is 11.8 Å². The molecule has 0 saturated carbocycles. The van der Waals surface area contributed by atoms with E-state index in [1.54, 1.807) is 19.0 Å². The molecule has 1 aliphatic heterocycles. The number of urea groups is 1. The minimum atomic E-state index is -0.607. The molecule has 2 rings (SSSR count). The Hall–Kier alpha value is -1.30. The van der Waals surface area contributed by atoms with Gasteiger partial charge in [0.25, 0.3) is 0 Å². The van der Waals surface area contributed by atoms with E-state index in [4.69, 9.17) is 0 Å². The van der Waals surface area contributed by atoms with Gasteiger partial charge in [0.15, 0.2) is 0 Å². The molecular weight excluding hydrogens is 258 g/mol. The van der Waals surface area contributed by atoms with Gasteiger partial charge in [-0.25, -0.2) is 13.6 Å². The van der Waals surface area contributed by atoms with Crippen molar-refractivity contribution in [3.8, 4) is 0 Å². The molecule has 98 valence electrons. The zero-order valence-electron chi connectivity index (χ0n) is 10.2. The lowest BCUT2D eigenvalue weighted by Gasteiger charge is -2.27. The van der Waals surface area contributed by atoms with Gasteiger partial charge in [-0.15, -0.1) is 11.8 Å². The maximum absolute atomic E-state index is 13.7. The first kappa shape index (κ1) is 13.1. The number of thioether (sulfide) groups is 1. The summed E-state index contributed by atoms with van der Waals surface area (Å²) in [4.78, 5) is 15.0. The summed E-state index contributed by atoms with van der Waals surface area (Å²) >= 11 is 1.49. The quantitative estimate of drug-likeness (QED) is 0.784. The van der Waals surface area contributed by atoms with Crippen molar-refractivity contribution in [3.05, 3.63) is 35.4 Å². The van der Waals surface area contributed by atoms with Crippen molar-refractivity contribution in [3.63, 3.8) is 0 Å². The van der Waals surface area contributed by atoms with Gasteiger partial charge in [0.05, 0.1) is 0 Å². The number of hydrogen-bond acceptors (Lipinski definition) is 2. The number of carbonyl (C=O) groups is 1. The number of carbonyl (C=O) groups excluding carboxylic acids is 1. The summed E-state index contributed by atoms with van der Waals surface area (Å²) in [6.07, 6.45) is 0. The van der Waals surface area contributed by atoms with Gasteiger partial charge in [-0.3, -0.25) is 0 Å². The molecule has 18 heavy (non-hydrogen) atoms. The summed E-state index contributed by atoms with van der Waals surface area (Å²) in [6, 6.07) is 3.32. The molecule has 1 aromatic carbocycles. The van der Waals surface area contributed by atoms with Gasteiger partial charge < -0.3 is 9.80 Å². The second kappa shape index (κ2) is 5.14. The fourth-order valence-electron chi connectivity index (χ4n) is 1.88. The van der Waals surface area contributed by atoms with E-state index in [1.165, 1.54) is 28.8 Å². The van der Waals surface area contributed by atoms with E-state index in [2.05, 4.69) is 0 Å². The summed E-state index contributed by atoms with van der Waals surface area (Å²) in [6.45, 7) is 0.573. The fourth-order valence-corrected chi connectivity index (χ4v) is 3.15. The highest BCUT2D eigenvalue weighted by molar-refractivity contribution is 7.99. The predicted molar refractivity (Wildman–Crippen MR) is 67.3 cm³/mol. The third-order valence-corrected chi connectivity index (χ3v) is 3.99. The van der Waals surface area contributed by atoms with Crippen LogP contribution in [0.2, 0.25) is 0 Å². The molecule has 1 unspecified atom stereocenters. The first-order valence-corrected chi connectivity index (χ1v) is 6.60. The predicted octanol–water partition coefficient (Wildman–Crippen LogP) is 2.69. The van der Waals surface area contributed by atoms with Gasteiger partial charge in [0, 0.05) is 38.0 Å². The van der Waals surface area contributed by atoms with Crippen molar-refractivity contribution < 1.29 is 13.6 Å². The Kier molecular flexibility index (Phi) is 3.75. The van der Waals surface area contributed by atoms with Gasteiger partial charge in [-0.2, -0.15) is 0 Å².